The Morgan fingerprint density at radius 2 is 1.56 bits per heavy atom. The van der Waals surface area contributed by atoms with Crippen LogP contribution in [0.2, 0.25) is 0 Å². The van der Waals surface area contributed by atoms with Gasteiger partial charge in [0.2, 0.25) is 0 Å². The van der Waals surface area contributed by atoms with Crippen molar-refractivity contribution in [2.24, 2.45) is 0 Å². The van der Waals surface area contributed by atoms with E-state index in [-0.39, 0.29) is 56.8 Å². The van der Waals surface area contributed by atoms with E-state index in [0.29, 0.717) is 0 Å². The summed E-state index contributed by atoms with van der Waals surface area (Å²) < 4.78 is 12.6. The van der Waals surface area contributed by atoms with Crippen LogP contribution in [-0.4, -0.2) is 0 Å². The molecule has 0 aliphatic rings. The van der Waals surface area contributed by atoms with Crippen LogP contribution >= 0.6 is 0 Å². The average molecular weight is 335 g/mol. The fourth-order valence-corrected chi connectivity index (χ4v) is 1.46. The van der Waals surface area contributed by atoms with Gasteiger partial charge in [0.15, 0.2) is 0 Å². The molecule has 0 spiro atoms. The minimum absolute atomic E-state index is 0. The van der Waals surface area contributed by atoms with E-state index in [9.17, 15) is 4.39 Å². The van der Waals surface area contributed by atoms with E-state index in [0.717, 1.165) is 5.56 Å². The van der Waals surface area contributed by atoms with E-state index in [2.05, 4.69) is 13.0 Å². The number of hydrogen-bond donors (Lipinski definition) is 0. The first-order chi connectivity index (χ1) is 6.27. The van der Waals surface area contributed by atoms with Crippen LogP contribution in [0.5, 0.6) is 0 Å². The summed E-state index contributed by atoms with van der Waals surface area (Å²) in [6, 6.07) is 12.7. The van der Waals surface area contributed by atoms with Gasteiger partial charge in [-0.3, -0.25) is 0 Å². The zero-order valence-corrected chi connectivity index (χ0v) is 12.6. The summed E-state index contributed by atoms with van der Waals surface area (Å²) >= 11 is 0. The second kappa shape index (κ2) is 8.11. The maximum absolute atomic E-state index is 12.6. The van der Waals surface area contributed by atoms with Crippen LogP contribution in [0, 0.1) is 12.7 Å². The van der Waals surface area contributed by atoms with Gasteiger partial charge in [0.1, 0.15) is 5.82 Å². The number of halogens is 3. The molecule has 16 heavy (non-hydrogen) atoms. The van der Waals surface area contributed by atoms with Gasteiger partial charge >= 0.3 is 26.2 Å². The van der Waals surface area contributed by atoms with Crippen LogP contribution in [0.15, 0.2) is 42.5 Å². The molecule has 0 atom stereocenters. The van der Waals surface area contributed by atoms with Gasteiger partial charge in [0.25, 0.3) is 0 Å². The minimum atomic E-state index is -0.187. The first-order valence-corrected chi connectivity index (χ1v) is 4.25. The molecule has 0 saturated heterocycles. The fourth-order valence-electron chi connectivity index (χ4n) is 1.46. The fraction of sp³-hybridized carbons (Fsp3) is 0.0833. The third-order valence-corrected chi connectivity index (χ3v) is 2.19. The van der Waals surface area contributed by atoms with Gasteiger partial charge < -0.3 is 24.8 Å². The smallest absolute Gasteiger partial charge is 1.00 e. The zero-order valence-electron chi connectivity index (χ0n) is 8.68. The molecule has 4 heteroatoms. The minimum Gasteiger partial charge on any atom is -1.00 e. The van der Waals surface area contributed by atoms with Crippen LogP contribution in [0.3, 0.4) is 0 Å². The number of hydrogen-bond acceptors (Lipinski definition) is 0. The van der Waals surface area contributed by atoms with Crippen molar-refractivity contribution >= 4 is 0 Å². The number of rotatable bonds is 1. The second-order valence-electron chi connectivity index (χ2n) is 3.13. The molecule has 0 saturated carbocycles. The quantitative estimate of drug-likeness (QED) is 0.507. The second-order valence-corrected chi connectivity index (χ2v) is 3.13. The van der Waals surface area contributed by atoms with Crippen molar-refractivity contribution in [3.63, 3.8) is 0 Å². The Morgan fingerprint density at radius 1 is 1.00 bits per heavy atom. The molecule has 0 amide bonds. The van der Waals surface area contributed by atoms with Crippen molar-refractivity contribution in [3.8, 4) is 11.1 Å². The van der Waals surface area contributed by atoms with Gasteiger partial charge in [-0.25, -0.2) is 4.39 Å². The molecule has 0 nitrogen and oxygen atoms in total. The zero-order chi connectivity index (χ0) is 9.26. The van der Waals surface area contributed by atoms with Gasteiger partial charge in [-0.2, -0.15) is 6.07 Å². The molecule has 83 valence electrons. The van der Waals surface area contributed by atoms with Gasteiger partial charge in [-0.1, -0.05) is 24.6 Å². The van der Waals surface area contributed by atoms with Gasteiger partial charge in [-0.05, 0) is 0 Å². The van der Waals surface area contributed by atoms with Crippen molar-refractivity contribution in [2.75, 3.05) is 0 Å². The molecule has 0 aliphatic carbocycles. The molecule has 2 rings (SSSR count). The van der Waals surface area contributed by atoms with E-state index < -0.39 is 0 Å². The normalized spacial score (nSPS) is 8.38. The summed E-state index contributed by atoms with van der Waals surface area (Å²) in [7, 11) is 0. The maximum Gasteiger partial charge on any atom is 3.00 e. The Labute approximate surface area is 127 Å². The standard InChI is InChI=1S/C12H10F.2ClH.Zr/c1-9-3-2-4-12(9)10-5-7-11(13)8-6-10;;;/h2-8H,1H3;2*1H;/q-1;;;+3/p-2. The summed E-state index contributed by atoms with van der Waals surface area (Å²) in [5.41, 5.74) is 3.48. The summed E-state index contributed by atoms with van der Waals surface area (Å²) in [6.45, 7) is 2.05. The number of benzene rings is 1. The third-order valence-electron chi connectivity index (χ3n) is 2.19. The van der Waals surface area contributed by atoms with Gasteiger partial charge in [0, 0.05) is 0 Å². The SMILES string of the molecule is Cc1ccc[c-]1-c1ccc(F)cc1.[Cl-].[Cl-].[Zr+3]. The molecular formula is C12H10Cl2FZr. The third kappa shape index (κ3) is 4.09. The predicted octanol–water partition coefficient (Wildman–Crippen LogP) is -2.47. The van der Waals surface area contributed by atoms with Gasteiger partial charge in [0.05, 0.1) is 0 Å². The molecule has 0 fully saturated rings. The molecule has 2 aromatic carbocycles. The monoisotopic (exact) mass is 333 g/mol. The van der Waals surface area contributed by atoms with Crippen LogP contribution in [0.1, 0.15) is 5.56 Å². The molecule has 2 aromatic rings. The van der Waals surface area contributed by atoms with E-state index in [4.69, 9.17) is 0 Å². The van der Waals surface area contributed by atoms with Crippen molar-refractivity contribution < 1.29 is 55.4 Å². The van der Waals surface area contributed by atoms with Crippen molar-refractivity contribution in [2.45, 2.75) is 6.92 Å². The average Bonchev–Trinajstić information content (AvgIpc) is 2.53. The Balaban J connectivity index is 0. The summed E-state index contributed by atoms with van der Waals surface area (Å²) in [5.74, 6) is -0.187. The molecule has 0 unspecified atom stereocenters. The van der Waals surface area contributed by atoms with E-state index in [1.54, 1.807) is 12.1 Å². The molecular weight excluding hydrogens is 325 g/mol. The molecule has 0 N–H and O–H groups in total. The first-order valence-electron chi connectivity index (χ1n) is 4.25. The van der Waals surface area contributed by atoms with Gasteiger partial charge in [-0.15, -0.1) is 35.4 Å². The molecule has 0 heterocycles. The maximum atomic E-state index is 12.6. The van der Waals surface area contributed by atoms with E-state index in [1.165, 1.54) is 23.3 Å². The van der Waals surface area contributed by atoms with Crippen LogP contribution in [0.25, 0.3) is 11.1 Å². The van der Waals surface area contributed by atoms with Crippen LogP contribution in [-0.2, 0) is 26.2 Å². The Bertz CT molecular complexity index is 409. The molecule has 0 bridgehead atoms. The van der Waals surface area contributed by atoms with Crippen molar-refractivity contribution in [1.29, 1.82) is 0 Å². The molecule has 0 aliphatic heterocycles. The Kier molecular flexibility index (Phi) is 9.29. The van der Waals surface area contributed by atoms with E-state index >= 15 is 0 Å². The first kappa shape index (κ1) is 18.3. The summed E-state index contributed by atoms with van der Waals surface area (Å²) in [4.78, 5) is 0. The molecule has 0 aromatic heterocycles. The van der Waals surface area contributed by atoms with Crippen LogP contribution in [0.4, 0.5) is 4.39 Å². The molecule has 1 radical (unpaired) electrons. The van der Waals surface area contributed by atoms with Crippen molar-refractivity contribution in [3.05, 3.63) is 53.8 Å². The van der Waals surface area contributed by atoms with Crippen LogP contribution < -0.4 is 24.8 Å². The topological polar surface area (TPSA) is 0 Å². The predicted molar refractivity (Wildman–Crippen MR) is 52.2 cm³/mol. The largest absolute Gasteiger partial charge is 3.00 e. The summed E-state index contributed by atoms with van der Waals surface area (Å²) in [6.07, 6.45) is 0. The number of aryl methyl sites for hydroxylation is 1. The van der Waals surface area contributed by atoms with E-state index in [1.807, 2.05) is 12.1 Å². The Morgan fingerprint density at radius 3 is 2.00 bits per heavy atom. The van der Waals surface area contributed by atoms with Crippen molar-refractivity contribution in [1.82, 2.24) is 0 Å². The Hall–Kier alpha value is -0.0369. The summed E-state index contributed by atoms with van der Waals surface area (Å²) in [5, 5.41) is 0.